The van der Waals surface area contributed by atoms with Gasteiger partial charge in [-0.05, 0) is 37.6 Å². The molecule has 0 aliphatic rings. The van der Waals surface area contributed by atoms with E-state index in [1.54, 1.807) is 23.0 Å². The Balaban J connectivity index is 1.74. The van der Waals surface area contributed by atoms with Crippen LogP contribution in [0.2, 0.25) is 0 Å². The predicted molar refractivity (Wildman–Crippen MR) is 105 cm³/mol. The highest BCUT2D eigenvalue weighted by atomic mass is 16.6. The Labute approximate surface area is 161 Å². The number of ether oxygens (including phenoxy) is 1. The molecule has 0 unspecified atom stereocenters. The molecular weight excluding hydrogens is 360 g/mol. The zero-order valence-electron chi connectivity index (χ0n) is 15.6. The third-order valence-electron chi connectivity index (χ3n) is 4.09. The highest BCUT2D eigenvalue weighted by Gasteiger charge is 2.13. The Bertz CT molecular complexity index is 1010. The second kappa shape index (κ2) is 8.34. The summed E-state index contributed by atoms with van der Waals surface area (Å²) in [7, 11) is 0. The van der Waals surface area contributed by atoms with E-state index in [0.717, 1.165) is 11.3 Å². The van der Waals surface area contributed by atoms with E-state index in [1.807, 2.05) is 38.1 Å². The molecule has 0 aliphatic heterocycles. The lowest BCUT2D eigenvalue weighted by Gasteiger charge is -2.10. The number of nitrogens with one attached hydrogen (secondary N) is 1. The van der Waals surface area contributed by atoms with Gasteiger partial charge in [0.15, 0.2) is 0 Å². The number of carbonyl (C=O) groups is 1. The zero-order valence-corrected chi connectivity index (χ0v) is 15.6. The summed E-state index contributed by atoms with van der Waals surface area (Å²) in [6.45, 7) is 4.25. The van der Waals surface area contributed by atoms with Crippen LogP contribution >= 0.6 is 0 Å². The summed E-state index contributed by atoms with van der Waals surface area (Å²) in [6.07, 6.45) is 1.86. The molecule has 8 nitrogen and oxygen atoms in total. The predicted octanol–water partition coefficient (Wildman–Crippen LogP) is 4.23. The minimum absolute atomic E-state index is 0.164. The van der Waals surface area contributed by atoms with Crippen LogP contribution in [0.1, 0.15) is 17.7 Å². The van der Waals surface area contributed by atoms with Crippen LogP contribution in [0.4, 0.5) is 11.4 Å². The van der Waals surface area contributed by atoms with Gasteiger partial charge in [0.1, 0.15) is 11.5 Å². The van der Waals surface area contributed by atoms with Crippen LogP contribution in [0.25, 0.3) is 0 Å². The van der Waals surface area contributed by atoms with Gasteiger partial charge in [0.05, 0.1) is 16.7 Å². The maximum atomic E-state index is 12.3. The van der Waals surface area contributed by atoms with E-state index in [2.05, 4.69) is 10.4 Å². The van der Waals surface area contributed by atoms with Crippen molar-refractivity contribution >= 4 is 17.3 Å². The third-order valence-corrected chi connectivity index (χ3v) is 4.09. The number of nitro groups is 1. The van der Waals surface area contributed by atoms with Crippen molar-refractivity contribution < 1.29 is 14.5 Å². The first-order chi connectivity index (χ1) is 13.4. The first kappa shape index (κ1) is 19.1. The molecule has 1 aromatic heterocycles. The molecule has 0 spiro atoms. The topological polar surface area (TPSA) is 99.3 Å². The van der Waals surface area contributed by atoms with Gasteiger partial charge in [-0.15, -0.1) is 0 Å². The molecule has 8 heteroatoms. The second-order valence-corrected chi connectivity index (χ2v) is 6.39. The smallest absolute Gasteiger partial charge is 0.275 e. The molecule has 3 aromatic rings. The number of carbonyl (C=O) groups excluding carboxylic acids is 1. The van der Waals surface area contributed by atoms with Gasteiger partial charge in [-0.25, -0.2) is 0 Å². The van der Waals surface area contributed by atoms with Crippen molar-refractivity contribution in [2.75, 3.05) is 5.32 Å². The minimum Gasteiger partial charge on any atom is -0.457 e. The summed E-state index contributed by atoms with van der Waals surface area (Å²) >= 11 is 0. The number of hydrogen-bond donors (Lipinski definition) is 1. The third kappa shape index (κ3) is 4.94. The number of hydrogen-bond acceptors (Lipinski definition) is 5. The lowest BCUT2D eigenvalue weighted by atomic mass is 10.2. The Kier molecular flexibility index (Phi) is 5.69. The molecule has 2 aromatic carbocycles. The molecule has 0 aliphatic carbocycles. The van der Waals surface area contributed by atoms with Crippen molar-refractivity contribution in [1.29, 1.82) is 0 Å². The summed E-state index contributed by atoms with van der Waals surface area (Å²) in [6, 6.07) is 13.4. The fraction of sp³-hybridized carbons (Fsp3) is 0.200. The fourth-order valence-corrected chi connectivity index (χ4v) is 2.70. The molecular formula is C20H20N4O4. The summed E-state index contributed by atoms with van der Waals surface area (Å²) in [4.78, 5) is 23.0. The number of amides is 1. The lowest BCUT2D eigenvalue weighted by molar-refractivity contribution is -0.384. The summed E-state index contributed by atoms with van der Waals surface area (Å²) in [5.41, 5.74) is 2.10. The Morgan fingerprint density at radius 2 is 2.00 bits per heavy atom. The highest BCUT2D eigenvalue weighted by molar-refractivity contribution is 5.91. The molecule has 0 saturated heterocycles. The van der Waals surface area contributed by atoms with Crippen LogP contribution in [0.3, 0.4) is 0 Å². The number of aromatic nitrogens is 2. The number of anilines is 1. The van der Waals surface area contributed by atoms with E-state index in [4.69, 9.17) is 4.74 Å². The maximum absolute atomic E-state index is 12.3. The normalized spacial score (nSPS) is 10.5. The number of nitro benzene ring substituents is 1. The number of aryl methyl sites for hydroxylation is 3. The summed E-state index contributed by atoms with van der Waals surface area (Å²) < 4.78 is 7.46. The standard InChI is InChI=1S/C20H20N4O4/c1-14-4-3-5-18(10-14)28-19-12-16(11-17(13-19)24(26)27)22-20(25)7-9-23-15(2)6-8-21-23/h3-6,8,10-13H,7,9H2,1-2H3,(H,22,25). The van der Waals surface area contributed by atoms with Crippen molar-refractivity contribution in [2.45, 2.75) is 26.8 Å². The van der Waals surface area contributed by atoms with E-state index in [9.17, 15) is 14.9 Å². The SMILES string of the molecule is Cc1cccc(Oc2cc(NC(=O)CCn3nccc3C)cc([N+](=O)[O-])c2)c1. The molecule has 3 rings (SSSR count). The van der Waals surface area contributed by atoms with Crippen molar-refractivity contribution in [2.24, 2.45) is 0 Å². The van der Waals surface area contributed by atoms with Gasteiger partial charge in [-0.2, -0.15) is 5.10 Å². The van der Waals surface area contributed by atoms with Gasteiger partial charge < -0.3 is 10.1 Å². The van der Waals surface area contributed by atoms with E-state index in [1.165, 1.54) is 12.1 Å². The largest absolute Gasteiger partial charge is 0.457 e. The Morgan fingerprint density at radius 3 is 2.68 bits per heavy atom. The van der Waals surface area contributed by atoms with E-state index in [-0.39, 0.29) is 23.8 Å². The van der Waals surface area contributed by atoms with Crippen molar-refractivity contribution in [3.63, 3.8) is 0 Å². The van der Waals surface area contributed by atoms with Gasteiger partial charge in [0.25, 0.3) is 5.69 Å². The van der Waals surface area contributed by atoms with Crippen molar-refractivity contribution in [3.05, 3.63) is 76.1 Å². The van der Waals surface area contributed by atoms with E-state index >= 15 is 0 Å². The average molecular weight is 380 g/mol. The number of rotatable bonds is 7. The number of nitrogens with zero attached hydrogens (tertiary/aromatic N) is 3. The van der Waals surface area contributed by atoms with Gasteiger partial charge in [0.2, 0.25) is 5.91 Å². The first-order valence-electron chi connectivity index (χ1n) is 8.73. The molecule has 1 amide bonds. The van der Waals surface area contributed by atoms with Crippen LogP contribution < -0.4 is 10.1 Å². The van der Waals surface area contributed by atoms with E-state index < -0.39 is 4.92 Å². The highest BCUT2D eigenvalue weighted by Crippen LogP contribution is 2.30. The van der Waals surface area contributed by atoms with Crippen molar-refractivity contribution in [1.82, 2.24) is 9.78 Å². The lowest BCUT2D eigenvalue weighted by Crippen LogP contribution is -2.15. The minimum atomic E-state index is -0.522. The van der Waals surface area contributed by atoms with Crippen LogP contribution in [0.15, 0.2) is 54.7 Å². The quantitative estimate of drug-likeness (QED) is 0.488. The first-order valence-corrected chi connectivity index (χ1v) is 8.73. The van der Waals surface area contributed by atoms with Gasteiger partial charge in [0, 0.05) is 37.0 Å². The number of benzene rings is 2. The second-order valence-electron chi connectivity index (χ2n) is 6.39. The van der Waals surface area contributed by atoms with Crippen LogP contribution in [-0.2, 0) is 11.3 Å². The van der Waals surface area contributed by atoms with Crippen LogP contribution in [0.5, 0.6) is 11.5 Å². The van der Waals surface area contributed by atoms with Crippen molar-refractivity contribution in [3.8, 4) is 11.5 Å². The molecule has 0 saturated carbocycles. The molecule has 1 N–H and O–H groups in total. The Morgan fingerprint density at radius 1 is 1.18 bits per heavy atom. The molecule has 144 valence electrons. The summed E-state index contributed by atoms with van der Waals surface area (Å²) in [5.74, 6) is 0.571. The molecule has 0 atom stereocenters. The fourth-order valence-electron chi connectivity index (χ4n) is 2.70. The van der Waals surface area contributed by atoms with Gasteiger partial charge in [-0.1, -0.05) is 12.1 Å². The molecule has 0 bridgehead atoms. The zero-order chi connectivity index (χ0) is 20.1. The Hall–Kier alpha value is -3.68. The molecule has 1 heterocycles. The maximum Gasteiger partial charge on any atom is 0.275 e. The average Bonchev–Trinajstić information content (AvgIpc) is 3.04. The van der Waals surface area contributed by atoms with E-state index in [0.29, 0.717) is 18.0 Å². The summed E-state index contributed by atoms with van der Waals surface area (Å²) in [5, 5.41) is 18.1. The molecule has 0 fully saturated rings. The van der Waals surface area contributed by atoms with Gasteiger partial charge in [-0.3, -0.25) is 19.6 Å². The van der Waals surface area contributed by atoms with Crippen LogP contribution in [-0.4, -0.2) is 20.6 Å². The number of non-ortho nitro benzene ring substituents is 1. The molecule has 28 heavy (non-hydrogen) atoms. The van der Waals surface area contributed by atoms with Gasteiger partial charge >= 0.3 is 0 Å². The van der Waals surface area contributed by atoms with Crippen LogP contribution in [0, 0.1) is 24.0 Å². The molecule has 0 radical (unpaired) electrons. The monoisotopic (exact) mass is 380 g/mol.